The number of benzene rings is 2. The first-order valence-electron chi connectivity index (χ1n) is 15.5. The fourth-order valence-electron chi connectivity index (χ4n) is 6.59. The van der Waals surface area contributed by atoms with E-state index in [2.05, 4.69) is 6.92 Å². The molecule has 3 nitrogen and oxygen atoms in total. The Kier molecular flexibility index (Phi) is 11.4. The molecule has 0 aromatic heterocycles. The van der Waals surface area contributed by atoms with Crippen LogP contribution in [0, 0.1) is 41.1 Å². The van der Waals surface area contributed by atoms with Crippen molar-refractivity contribution in [1.29, 1.82) is 0 Å². The Morgan fingerprint density at radius 2 is 1.43 bits per heavy atom. The van der Waals surface area contributed by atoms with Gasteiger partial charge in [-0.05, 0) is 92.5 Å². The second-order valence-corrected chi connectivity index (χ2v) is 11.9. The van der Waals surface area contributed by atoms with Gasteiger partial charge in [0.2, 0.25) is 5.82 Å². The van der Waals surface area contributed by atoms with Crippen LogP contribution < -0.4 is 9.47 Å². The molecule has 4 rings (SSSR count). The maximum Gasteiger partial charge on any atom is 0.314 e. The molecule has 2 aliphatic carbocycles. The lowest BCUT2D eigenvalue weighted by Crippen LogP contribution is -2.30. The van der Waals surface area contributed by atoms with Crippen LogP contribution in [0.4, 0.5) is 13.2 Å². The Labute approximate surface area is 237 Å². The molecule has 2 fully saturated rings. The van der Waals surface area contributed by atoms with Gasteiger partial charge in [-0.3, -0.25) is 4.79 Å². The molecular weight excluding hydrogens is 513 g/mol. The monoisotopic (exact) mass is 558 g/mol. The lowest BCUT2D eigenvalue weighted by molar-refractivity contribution is -0.140. The summed E-state index contributed by atoms with van der Waals surface area (Å²) in [6.45, 7) is 4.65. The van der Waals surface area contributed by atoms with Gasteiger partial charge >= 0.3 is 5.97 Å². The second kappa shape index (κ2) is 14.9. The second-order valence-electron chi connectivity index (χ2n) is 11.9. The van der Waals surface area contributed by atoms with Gasteiger partial charge in [0.05, 0.1) is 12.5 Å². The van der Waals surface area contributed by atoms with Gasteiger partial charge in [0.1, 0.15) is 0 Å². The first kappa shape index (κ1) is 30.5. The van der Waals surface area contributed by atoms with Crippen LogP contribution in [0.15, 0.2) is 30.3 Å². The summed E-state index contributed by atoms with van der Waals surface area (Å²) in [5.74, 6) is -1.89. The maximum absolute atomic E-state index is 15.0. The Hall–Kier alpha value is -2.50. The van der Waals surface area contributed by atoms with E-state index in [1.165, 1.54) is 75.6 Å². The molecule has 220 valence electrons. The van der Waals surface area contributed by atoms with Crippen molar-refractivity contribution in [2.45, 2.75) is 104 Å². The number of esters is 1. The fourth-order valence-corrected chi connectivity index (χ4v) is 6.59. The molecule has 0 amide bonds. The Bertz CT molecular complexity index is 1100. The van der Waals surface area contributed by atoms with Gasteiger partial charge in [-0.25, -0.2) is 8.78 Å². The highest BCUT2D eigenvalue weighted by atomic mass is 19.2. The summed E-state index contributed by atoms with van der Waals surface area (Å²) in [6, 6.07) is 6.61. The molecule has 0 N–H and O–H groups in total. The number of unbranched alkanes of at least 4 members (excludes halogenated alkanes) is 3. The zero-order chi connectivity index (χ0) is 28.5. The average molecular weight is 559 g/mol. The molecule has 2 aromatic rings. The van der Waals surface area contributed by atoms with E-state index in [4.69, 9.17) is 9.47 Å². The zero-order valence-electron chi connectivity index (χ0n) is 24.2. The largest absolute Gasteiger partial charge is 0.491 e. The van der Waals surface area contributed by atoms with Crippen LogP contribution in [0.1, 0.15) is 104 Å². The molecule has 0 atom stereocenters. The van der Waals surface area contributed by atoms with Crippen molar-refractivity contribution in [3.8, 4) is 22.6 Å². The number of hydrogen-bond donors (Lipinski definition) is 0. The quantitative estimate of drug-likeness (QED) is 0.148. The van der Waals surface area contributed by atoms with Gasteiger partial charge in [0, 0.05) is 5.56 Å². The fraction of sp³-hybridized carbons (Fsp3) is 0.618. The molecule has 0 saturated heterocycles. The summed E-state index contributed by atoms with van der Waals surface area (Å²) in [4.78, 5) is 12.9. The van der Waals surface area contributed by atoms with E-state index in [0.717, 1.165) is 56.4 Å². The van der Waals surface area contributed by atoms with Crippen LogP contribution in [0.25, 0.3) is 11.1 Å². The average Bonchev–Trinajstić information content (AvgIpc) is 2.97. The predicted octanol–water partition coefficient (Wildman–Crippen LogP) is 10.0. The summed E-state index contributed by atoms with van der Waals surface area (Å²) >= 11 is 0. The molecule has 0 spiro atoms. The van der Waals surface area contributed by atoms with E-state index in [0.29, 0.717) is 12.5 Å². The zero-order valence-corrected chi connectivity index (χ0v) is 24.2. The van der Waals surface area contributed by atoms with Crippen molar-refractivity contribution < 1.29 is 27.4 Å². The van der Waals surface area contributed by atoms with Crippen molar-refractivity contribution in [1.82, 2.24) is 0 Å². The number of ether oxygens (including phenoxy) is 2. The lowest BCUT2D eigenvalue weighted by Gasteiger charge is -2.37. The molecule has 0 bridgehead atoms. The smallest absolute Gasteiger partial charge is 0.314 e. The highest BCUT2D eigenvalue weighted by Gasteiger charge is 2.34. The van der Waals surface area contributed by atoms with E-state index in [-0.39, 0.29) is 22.8 Å². The number of hydrogen-bond acceptors (Lipinski definition) is 3. The van der Waals surface area contributed by atoms with Crippen LogP contribution >= 0.6 is 0 Å². The van der Waals surface area contributed by atoms with Crippen molar-refractivity contribution in [2.75, 3.05) is 6.61 Å². The number of halogens is 3. The lowest BCUT2D eigenvalue weighted by atomic mass is 9.68. The molecule has 40 heavy (non-hydrogen) atoms. The van der Waals surface area contributed by atoms with E-state index >= 15 is 0 Å². The van der Waals surface area contributed by atoms with Crippen molar-refractivity contribution in [3.05, 3.63) is 47.8 Å². The van der Waals surface area contributed by atoms with Gasteiger partial charge in [0.15, 0.2) is 23.1 Å². The third kappa shape index (κ3) is 7.82. The first-order valence-corrected chi connectivity index (χ1v) is 15.5. The third-order valence-electron chi connectivity index (χ3n) is 9.13. The normalized spacial score (nSPS) is 23.1. The molecule has 2 aliphatic rings. The van der Waals surface area contributed by atoms with Crippen LogP contribution in [-0.2, 0) is 4.79 Å². The Morgan fingerprint density at radius 3 is 2.08 bits per heavy atom. The van der Waals surface area contributed by atoms with Gasteiger partial charge in [-0.1, -0.05) is 64.9 Å². The molecule has 0 aliphatic heterocycles. The third-order valence-corrected chi connectivity index (χ3v) is 9.13. The summed E-state index contributed by atoms with van der Waals surface area (Å²) in [5, 5.41) is 0. The van der Waals surface area contributed by atoms with Crippen LogP contribution in [0.5, 0.6) is 11.5 Å². The van der Waals surface area contributed by atoms with Crippen molar-refractivity contribution in [2.24, 2.45) is 23.7 Å². The summed E-state index contributed by atoms with van der Waals surface area (Å²) in [6.07, 6.45) is 15.8. The standard InChI is InChI=1S/C34H45F3O3/c1-3-5-7-8-23-9-11-24(12-10-23)25-13-15-26(16-14-25)34(38)40-31-20-18-28(32(36)33(31)37)27-17-19-30(29(35)22-27)39-21-6-4-2/h17-20,22-26H,3-16,21H2,1-2H3. The minimum absolute atomic E-state index is 0.0773. The highest BCUT2D eigenvalue weighted by molar-refractivity contribution is 5.76. The highest BCUT2D eigenvalue weighted by Crippen LogP contribution is 2.43. The van der Waals surface area contributed by atoms with E-state index < -0.39 is 29.2 Å². The minimum Gasteiger partial charge on any atom is -0.491 e. The van der Waals surface area contributed by atoms with E-state index in [9.17, 15) is 18.0 Å². The van der Waals surface area contributed by atoms with Gasteiger partial charge < -0.3 is 9.47 Å². The number of carbonyl (C=O) groups is 1. The molecule has 2 saturated carbocycles. The molecule has 0 radical (unpaired) electrons. The molecular formula is C34H45F3O3. The minimum atomic E-state index is -1.24. The molecule has 0 heterocycles. The van der Waals surface area contributed by atoms with Gasteiger partial charge in [0.25, 0.3) is 0 Å². The van der Waals surface area contributed by atoms with Crippen molar-refractivity contribution in [3.63, 3.8) is 0 Å². The van der Waals surface area contributed by atoms with Crippen molar-refractivity contribution >= 4 is 5.97 Å². The molecule has 0 unspecified atom stereocenters. The van der Waals surface area contributed by atoms with Crippen LogP contribution in [0.2, 0.25) is 0 Å². The first-order chi connectivity index (χ1) is 19.4. The summed E-state index contributed by atoms with van der Waals surface area (Å²) < 4.78 is 55.1. The van der Waals surface area contributed by atoms with Crippen LogP contribution in [-0.4, -0.2) is 12.6 Å². The number of rotatable bonds is 12. The Morgan fingerprint density at radius 1 is 0.775 bits per heavy atom. The predicted molar refractivity (Wildman–Crippen MR) is 153 cm³/mol. The topological polar surface area (TPSA) is 35.5 Å². The maximum atomic E-state index is 15.0. The van der Waals surface area contributed by atoms with E-state index in [1.807, 2.05) is 6.92 Å². The summed E-state index contributed by atoms with van der Waals surface area (Å²) in [7, 11) is 0. The van der Waals surface area contributed by atoms with Gasteiger partial charge in [-0.2, -0.15) is 4.39 Å². The Balaban J connectivity index is 1.29. The van der Waals surface area contributed by atoms with Gasteiger partial charge in [-0.15, -0.1) is 0 Å². The molecule has 6 heteroatoms. The van der Waals surface area contributed by atoms with E-state index in [1.54, 1.807) is 0 Å². The SMILES string of the molecule is CCCCCC1CCC(C2CCC(C(=O)Oc3ccc(-c4ccc(OCCCC)c(F)c4)c(F)c3F)CC2)CC1. The summed E-state index contributed by atoms with van der Waals surface area (Å²) in [5.41, 5.74) is 0.0832. The van der Waals surface area contributed by atoms with Crippen LogP contribution in [0.3, 0.4) is 0 Å². The molecule has 2 aromatic carbocycles. The number of carbonyl (C=O) groups excluding carboxylic acids is 1.